The predicted molar refractivity (Wildman–Crippen MR) is 83.0 cm³/mol. The highest BCUT2D eigenvalue weighted by molar-refractivity contribution is 7.89. The lowest BCUT2D eigenvalue weighted by molar-refractivity contribution is 0.173. The fraction of sp³-hybridized carbons (Fsp3) is 0.357. The molecule has 0 aliphatic rings. The lowest BCUT2D eigenvalue weighted by Gasteiger charge is -2.16. The SMILES string of the molecule is CCC(COC)NS(=O)(=O)c1ccc2nc(Cl)ccc2c1. The van der Waals surface area contributed by atoms with E-state index in [1.807, 2.05) is 6.92 Å². The Morgan fingerprint density at radius 3 is 2.76 bits per heavy atom. The monoisotopic (exact) mass is 328 g/mol. The summed E-state index contributed by atoms with van der Waals surface area (Å²) < 4.78 is 32.4. The molecule has 0 spiro atoms. The molecule has 0 saturated heterocycles. The zero-order valence-corrected chi connectivity index (χ0v) is 13.4. The number of halogens is 1. The molecule has 1 heterocycles. The number of sulfonamides is 1. The summed E-state index contributed by atoms with van der Waals surface area (Å²) in [6.45, 7) is 2.24. The van der Waals surface area contributed by atoms with Gasteiger partial charge in [0.1, 0.15) is 5.15 Å². The molecule has 1 aromatic carbocycles. The summed E-state index contributed by atoms with van der Waals surface area (Å²) in [6.07, 6.45) is 0.651. The molecule has 2 aromatic rings. The minimum Gasteiger partial charge on any atom is -0.383 e. The largest absolute Gasteiger partial charge is 0.383 e. The Kier molecular flexibility index (Phi) is 5.16. The zero-order chi connectivity index (χ0) is 15.5. The Hall–Kier alpha value is -1.21. The summed E-state index contributed by atoms with van der Waals surface area (Å²) >= 11 is 5.82. The molecule has 0 fully saturated rings. The number of rotatable bonds is 6. The number of hydrogen-bond acceptors (Lipinski definition) is 4. The smallest absolute Gasteiger partial charge is 0.240 e. The van der Waals surface area contributed by atoms with Gasteiger partial charge in [-0.25, -0.2) is 18.1 Å². The first-order valence-corrected chi connectivity index (χ1v) is 8.40. The number of nitrogens with one attached hydrogen (secondary N) is 1. The molecule has 1 aromatic heterocycles. The van der Waals surface area contributed by atoms with E-state index in [9.17, 15) is 8.42 Å². The third kappa shape index (κ3) is 3.91. The summed E-state index contributed by atoms with van der Waals surface area (Å²) in [5, 5.41) is 1.10. The van der Waals surface area contributed by atoms with Crippen molar-refractivity contribution in [1.82, 2.24) is 9.71 Å². The van der Waals surface area contributed by atoms with Crippen molar-refractivity contribution < 1.29 is 13.2 Å². The topological polar surface area (TPSA) is 68.3 Å². The molecule has 0 bridgehead atoms. The Bertz CT molecular complexity index is 734. The Labute approximate surface area is 129 Å². The molecule has 7 heteroatoms. The van der Waals surface area contributed by atoms with Crippen LogP contribution in [0, 0.1) is 0 Å². The first-order valence-electron chi connectivity index (χ1n) is 6.54. The van der Waals surface area contributed by atoms with Gasteiger partial charge in [-0.3, -0.25) is 0 Å². The van der Waals surface area contributed by atoms with Crippen LogP contribution in [0.25, 0.3) is 10.9 Å². The second-order valence-corrected chi connectivity index (χ2v) is 6.77. The molecular weight excluding hydrogens is 312 g/mol. The molecule has 0 aliphatic heterocycles. The molecule has 21 heavy (non-hydrogen) atoms. The van der Waals surface area contributed by atoms with Crippen LogP contribution in [0.5, 0.6) is 0 Å². The van der Waals surface area contributed by atoms with Crippen LogP contribution in [0.1, 0.15) is 13.3 Å². The van der Waals surface area contributed by atoms with E-state index in [4.69, 9.17) is 16.3 Å². The van der Waals surface area contributed by atoms with Gasteiger partial charge in [0.15, 0.2) is 0 Å². The lowest BCUT2D eigenvalue weighted by atomic mass is 10.2. The summed E-state index contributed by atoms with van der Waals surface area (Å²) in [5.74, 6) is 0. The summed E-state index contributed by atoms with van der Waals surface area (Å²) in [5.41, 5.74) is 0.658. The zero-order valence-electron chi connectivity index (χ0n) is 11.8. The summed E-state index contributed by atoms with van der Waals surface area (Å²) in [4.78, 5) is 4.34. The van der Waals surface area contributed by atoms with Crippen LogP contribution in [0.3, 0.4) is 0 Å². The average Bonchev–Trinajstić information content (AvgIpc) is 2.45. The van der Waals surface area contributed by atoms with Gasteiger partial charge in [0.25, 0.3) is 0 Å². The van der Waals surface area contributed by atoms with Crippen molar-refractivity contribution in [3.63, 3.8) is 0 Å². The fourth-order valence-corrected chi connectivity index (χ4v) is 3.46. The van der Waals surface area contributed by atoms with Crippen molar-refractivity contribution in [1.29, 1.82) is 0 Å². The van der Waals surface area contributed by atoms with Crippen LogP contribution in [-0.2, 0) is 14.8 Å². The van der Waals surface area contributed by atoms with Crippen molar-refractivity contribution in [2.75, 3.05) is 13.7 Å². The maximum absolute atomic E-state index is 12.4. The third-order valence-corrected chi connectivity index (χ3v) is 4.85. The molecule has 0 radical (unpaired) electrons. The van der Waals surface area contributed by atoms with E-state index in [2.05, 4.69) is 9.71 Å². The van der Waals surface area contributed by atoms with E-state index < -0.39 is 10.0 Å². The second kappa shape index (κ2) is 6.70. The third-order valence-electron chi connectivity index (χ3n) is 3.12. The van der Waals surface area contributed by atoms with E-state index in [1.54, 1.807) is 31.4 Å². The van der Waals surface area contributed by atoms with Crippen LogP contribution in [0.15, 0.2) is 35.2 Å². The van der Waals surface area contributed by atoms with E-state index in [0.717, 1.165) is 5.39 Å². The highest BCUT2D eigenvalue weighted by Crippen LogP contribution is 2.20. The molecule has 5 nitrogen and oxygen atoms in total. The van der Waals surface area contributed by atoms with Gasteiger partial charge in [0, 0.05) is 18.5 Å². The van der Waals surface area contributed by atoms with Gasteiger partial charge in [-0.15, -0.1) is 0 Å². The standard InChI is InChI=1S/C14H17ClN2O3S/c1-3-11(9-20-2)17-21(18,19)12-5-6-13-10(8-12)4-7-14(15)16-13/h4-8,11,17H,3,9H2,1-2H3. The number of methoxy groups -OCH3 is 1. The van der Waals surface area contributed by atoms with Crippen LogP contribution < -0.4 is 4.72 Å². The van der Waals surface area contributed by atoms with Gasteiger partial charge in [0.05, 0.1) is 17.0 Å². The quantitative estimate of drug-likeness (QED) is 0.828. The number of pyridine rings is 1. The summed E-state index contributed by atoms with van der Waals surface area (Å²) in [7, 11) is -2.04. The van der Waals surface area contributed by atoms with Gasteiger partial charge in [0.2, 0.25) is 10.0 Å². The van der Waals surface area contributed by atoms with E-state index >= 15 is 0 Å². The molecule has 1 N–H and O–H groups in total. The van der Waals surface area contributed by atoms with Gasteiger partial charge in [-0.1, -0.05) is 18.5 Å². The first-order chi connectivity index (χ1) is 9.96. The average molecular weight is 329 g/mol. The molecular formula is C14H17ClN2O3S. The minimum absolute atomic E-state index is 0.202. The molecule has 0 aliphatic carbocycles. The number of ether oxygens (including phenoxy) is 1. The molecule has 1 atom stereocenters. The van der Waals surface area contributed by atoms with E-state index in [1.165, 1.54) is 6.07 Å². The molecule has 114 valence electrons. The maximum Gasteiger partial charge on any atom is 0.240 e. The molecule has 1 unspecified atom stereocenters. The van der Waals surface area contributed by atoms with E-state index in [0.29, 0.717) is 23.7 Å². The molecule has 0 saturated carbocycles. The number of benzene rings is 1. The minimum atomic E-state index is -3.59. The number of aromatic nitrogens is 1. The fourth-order valence-electron chi connectivity index (χ4n) is 1.97. The molecule has 0 amide bonds. The Morgan fingerprint density at radius 1 is 1.33 bits per heavy atom. The number of fused-ring (bicyclic) bond motifs is 1. The Morgan fingerprint density at radius 2 is 2.10 bits per heavy atom. The summed E-state index contributed by atoms with van der Waals surface area (Å²) in [6, 6.07) is 7.88. The molecule has 2 rings (SSSR count). The van der Waals surface area contributed by atoms with Gasteiger partial charge in [-0.05, 0) is 36.8 Å². The number of hydrogen-bond donors (Lipinski definition) is 1. The van der Waals surface area contributed by atoms with Crippen molar-refractivity contribution in [2.45, 2.75) is 24.3 Å². The van der Waals surface area contributed by atoms with Gasteiger partial charge >= 0.3 is 0 Å². The van der Waals surface area contributed by atoms with Crippen molar-refractivity contribution >= 4 is 32.5 Å². The van der Waals surface area contributed by atoms with Crippen LogP contribution in [0.2, 0.25) is 5.15 Å². The normalized spacial score (nSPS) is 13.5. The van der Waals surface area contributed by atoms with Crippen molar-refractivity contribution in [2.24, 2.45) is 0 Å². The number of nitrogens with zero attached hydrogens (tertiary/aromatic N) is 1. The van der Waals surface area contributed by atoms with Crippen LogP contribution >= 0.6 is 11.6 Å². The maximum atomic E-state index is 12.4. The first kappa shape index (κ1) is 16.2. The second-order valence-electron chi connectivity index (χ2n) is 4.67. The predicted octanol–water partition coefficient (Wildman–Crippen LogP) is 2.59. The van der Waals surface area contributed by atoms with Crippen LogP contribution in [0.4, 0.5) is 0 Å². The van der Waals surface area contributed by atoms with Gasteiger partial charge < -0.3 is 4.74 Å². The van der Waals surface area contributed by atoms with E-state index in [-0.39, 0.29) is 10.9 Å². The van der Waals surface area contributed by atoms with Crippen molar-refractivity contribution in [3.8, 4) is 0 Å². The highest BCUT2D eigenvalue weighted by atomic mass is 35.5. The highest BCUT2D eigenvalue weighted by Gasteiger charge is 2.19. The Balaban J connectivity index is 2.33. The lowest BCUT2D eigenvalue weighted by Crippen LogP contribution is -2.37. The van der Waals surface area contributed by atoms with Crippen LogP contribution in [-0.4, -0.2) is 33.2 Å². The van der Waals surface area contributed by atoms with Gasteiger partial charge in [-0.2, -0.15) is 0 Å². The van der Waals surface area contributed by atoms with Crippen molar-refractivity contribution in [3.05, 3.63) is 35.5 Å².